The van der Waals surface area contributed by atoms with E-state index in [1.165, 1.54) is 0 Å². The number of hydrogen-bond acceptors (Lipinski definition) is 3. The van der Waals surface area contributed by atoms with Crippen molar-refractivity contribution in [2.24, 2.45) is 0 Å². The number of benzene rings is 2. The van der Waals surface area contributed by atoms with E-state index in [9.17, 15) is 4.79 Å². The summed E-state index contributed by atoms with van der Waals surface area (Å²) in [4.78, 5) is 11.8. The summed E-state index contributed by atoms with van der Waals surface area (Å²) in [6, 6.07) is 13.0. The summed E-state index contributed by atoms with van der Waals surface area (Å²) in [5.41, 5.74) is 8.29. The average Bonchev–Trinajstić information content (AvgIpc) is 2.46. The zero-order chi connectivity index (χ0) is 15.2. The van der Waals surface area contributed by atoms with E-state index in [2.05, 4.69) is 28.2 Å². The molecule has 0 saturated carbocycles. The van der Waals surface area contributed by atoms with Crippen LogP contribution in [-0.2, 0) is 11.2 Å². The summed E-state index contributed by atoms with van der Waals surface area (Å²) in [5, 5.41) is 2.76. The zero-order valence-corrected chi connectivity index (χ0v) is 13.3. The maximum absolute atomic E-state index is 11.8. The minimum absolute atomic E-state index is 0.0812. The first-order valence-corrected chi connectivity index (χ1v) is 7.44. The normalized spacial score (nSPS) is 10.2. The highest BCUT2D eigenvalue weighted by atomic mass is 79.9. The Kier molecular flexibility index (Phi) is 5.22. The maximum atomic E-state index is 11.8. The highest BCUT2D eigenvalue weighted by Gasteiger charge is 2.06. The Morgan fingerprint density at radius 2 is 2.10 bits per heavy atom. The molecule has 0 unspecified atom stereocenters. The van der Waals surface area contributed by atoms with Crippen LogP contribution in [0.25, 0.3) is 0 Å². The lowest BCUT2D eigenvalue weighted by Gasteiger charge is -2.10. The summed E-state index contributed by atoms with van der Waals surface area (Å²) in [7, 11) is 0. The van der Waals surface area contributed by atoms with Crippen molar-refractivity contribution in [3.05, 3.63) is 52.5 Å². The number of halogens is 1. The van der Waals surface area contributed by atoms with E-state index in [0.29, 0.717) is 17.1 Å². The fourth-order valence-electron chi connectivity index (χ4n) is 1.86. The fraction of sp³-hybridized carbons (Fsp3) is 0.188. The molecule has 0 aromatic heterocycles. The van der Waals surface area contributed by atoms with Crippen molar-refractivity contribution in [2.75, 3.05) is 17.7 Å². The number of nitrogens with two attached hydrogens (primary N) is 1. The molecule has 1 amide bonds. The predicted octanol–water partition coefficient (Wildman–Crippen LogP) is 3.61. The molecular weight excluding hydrogens is 332 g/mol. The van der Waals surface area contributed by atoms with E-state index in [4.69, 9.17) is 10.5 Å². The van der Waals surface area contributed by atoms with Gasteiger partial charge in [-0.25, -0.2) is 0 Å². The molecule has 0 spiro atoms. The molecule has 2 rings (SSSR count). The Bertz CT molecular complexity index is 644. The smallest absolute Gasteiger partial charge is 0.262 e. The van der Waals surface area contributed by atoms with Gasteiger partial charge in [-0.15, -0.1) is 0 Å². The highest BCUT2D eigenvalue weighted by Crippen LogP contribution is 2.23. The largest absolute Gasteiger partial charge is 0.482 e. The monoisotopic (exact) mass is 348 g/mol. The molecule has 2 aromatic carbocycles. The van der Waals surface area contributed by atoms with Gasteiger partial charge in [-0.05, 0) is 42.3 Å². The van der Waals surface area contributed by atoms with Crippen LogP contribution in [0.15, 0.2) is 46.9 Å². The van der Waals surface area contributed by atoms with E-state index < -0.39 is 0 Å². The van der Waals surface area contributed by atoms with Crippen LogP contribution in [0.3, 0.4) is 0 Å². The Morgan fingerprint density at radius 3 is 2.76 bits per heavy atom. The first-order valence-electron chi connectivity index (χ1n) is 6.65. The van der Waals surface area contributed by atoms with Crippen LogP contribution < -0.4 is 15.8 Å². The van der Waals surface area contributed by atoms with Crippen molar-refractivity contribution in [2.45, 2.75) is 13.3 Å². The molecule has 2 aromatic rings. The Balaban J connectivity index is 1.92. The second-order valence-electron chi connectivity index (χ2n) is 4.57. The SMILES string of the molecule is CCc1ccc(OCC(=O)Nc2cccc(Br)c2)c(N)c1. The summed E-state index contributed by atoms with van der Waals surface area (Å²) in [6.07, 6.45) is 0.911. The molecule has 110 valence electrons. The van der Waals surface area contributed by atoms with Crippen LogP contribution in [0.5, 0.6) is 5.75 Å². The lowest BCUT2D eigenvalue weighted by atomic mass is 10.1. The minimum Gasteiger partial charge on any atom is -0.482 e. The van der Waals surface area contributed by atoms with Crippen molar-refractivity contribution in [3.8, 4) is 5.75 Å². The summed E-state index contributed by atoms with van der Waals surface area (Å²) in [5.74, 6) is 0.295. The first kappa shape index (κ1) is 15.4. The number of nitrogen functional groups attached to an aromatic ring is 1. The number of hydrogen-bond donors (Lipinski definition) is 2. The quantitative estimate of drug-likeness (QED) is 0.811. The van der Waals surface area contributed by atoms with E-state index in [1.807, 2.05) is 36.4 Å². The van der Waals surface area contributed by atoms with E-state index >= 15 is 0 Å². The van der Waals surface area contributed by atoms with Crippen LogP contribution in [0.2, 0.25) is 0 Å². The minimum atomic E-state index is -0.230. The van der Waals surface area contributed by atoms with Crippen LogP contribution in [-0.4, -0.2) is 12.5 Å². The molecule has 4 nitrogen and oxygen atoms in total. The number of carbonyl (C=O) groups excluding carboxylic acids is 1. The van der Waals surface area contributed by atoms with Gasteiger partial charge in [0.1, 0.15) is 5.75 Å². The second kappa shape index (κ2) is 7.13. The molecule has 5 heteroatoms. The molecule has 0 radical (unpaired) electrons. The fourth-order valence-corrected chi connectivity index (χ4v) is 2.26. The van der Waals surface area contributed by atoms with E-state index in [1.54, 1.807) is 6.07 Å². The third-order valence-corrected chi connectivity index (χ3v) is 3.44. The van der Waals surface area contributed by atoms with Crippen molar-refractivity contribution in [1.29, 1.82) is 0 Å². The molecule has 21 heavy (non-hydrogen) atoms. The Labute approximate surface area is 132 Å². The van der Waals surface area contributed by atoms with Gasteiger partial charge in [-0.2, -0.15) is 0 Å². The van der Waals surface area contributed by atoms with Crippen molar-refractivity contribution >= 4 is 33.2 Å². The number of rotatable bonds is 5. The summed E-state index contributed by atoms with van der Waals surface area (Å²) in [6.45, 7) is 1.98. The number of ether oxygens (including phenoxy) is 1. The van der Waals surface area contributed by atoms with Gasteiger partial charge in [0.15, 0.2) is 6.61 Å². The van der Waals surface area contributed by atoms with E-state index in [0.717, 1.165) is 16.5 Å². The lowest BCUT2D eigenvalue weighted by molar-refractivity contribution is -0.118. The summed E-state index contributed by atoms with van der Waals surface area (Å²) >= 11 is 3.35. The number of aryl methyl sites for hydroxylation is 1. The second-order valence-corrected chi connectivity index (χ2v) is 5.49. The number of carbonyl (C=O) groups is 1. The number of nitrogens with one attached hydrogen (secondary N) is 1. The molecule has 0 aliphatic rings. The number of anilines is 2. The van der Waals surface area contributed by atoms with Gasteiger partial charge in [0.25, 0.3) is 5.91 Å². The Hall–Kier alpha value is -2.01. The van der Waals surface area contributed by atoms with Crippen molar-refractivity contribution in [1.82, 2.24) is 0 Å². The third-order valence-electron chi connectivity index (χ3n) is 2.95. The van der Waals surface area contributed by atoms with Gasteiger partial charge < -0.3 is 15.8 Å². The average molecular weight is 349 g/mol. The molecule has 0 fully saturated rings. The molecular formula is C16H17BrN2O2. The molecule has 0 saturated heterocycles. The molecule has 0 bridgehead atoms. The molecule has 0 atom stereocenters. The lowest BCUT2D eigenvalue weighted by Crippen LogP contribution is -2.20. The molecule has 0 aliphatic carbocycles. The summed E-state index contributed by atoms with van der Waals surface area (Å²) < 4.78 is 6.36. The zero-order valence-electron chi connectivity index (χ0n) is 11.7. The van der Waals surface area contributed by atoms with Crippen LogP contribution >= 0.6 is 15.9 Å². The van der Waals surface area contributed by atoms with Gasteiger partial charge in [0.05, 0.1) is 5.69 Å². The van der Waals surface area contributed by atoms with Gasteiger partial charge >= 0.3 is 0 Å². The van der Waals surface area contributed by atoms with Gasteiger partial charge in [0, 0.05) is 10.2 Å². The van der Waals surface area contributed by atoms with Crippen molar-refractivity contribution in [3.63, 3.8) is 0 Å². The third kappa shape index (κ3) is 4.49. The van der Waals surface area contributed by atoms with Gasteiger partial charge in [-0.3, -0.25) is 4.79 Å². The topological polar surface area (TPSA) is 64.3 Å². The number of amides is 1. The van der Waals surface area contributed by atoms with Crippen LogP contribution in [0.4, 0.5) is 11.4 Å². The van der Waals surface area contributed by atoms with Crippen molar-refractivity contribution < 1.29 is 9.53 Å². The highest BCUT2D eigenvalue weighted by molar-refractivity contribution is 9.10. The van der Waals surface area contributed by atoms with Crippen LogP contribution in [0.1, 0.15) is 12.5 Å². The molecule has 0 heterocycles. The predicted molar refractivity (Wildman–Crippen MR) is 88.5 cm³/mol. The van der Waals surface area contributed by atoms with Gasteiger partial charge in [-0.1, -0.05) is 35.0 Å². The molecule has 0 aliphatic heterocycles. The standard InChI is InChI=1S/C16H17BrN2O2/c1-2-11-6-7-15(14(18)8-11)21-10-16(20)19-13-5-3-4-12(17)9-13/h3-9H,2,10,18H2,1H3,(H,19,20). The molecule has 3 N–H and O–H groups in total. The van der Waals surface area contributed by atoms with E-state index in [-0.39, 0.29) is 12.5 Å². The Morgan fingerprint density at radius 1 is 1.29 bits per heavy atom. The van der Waals surface area contributed by atoms with Crippen LogP contribution in [0, 0.1) is 0 Å². The first-order chi connectivity index (χ1) is 10.1. The maximum Gasteiger partial charge on any atom is 0.262 e. The van der Waals surface area contributed by atoms with Gasteiger partial charge in [0.2, 0.25) is 0 Å².